The lowest BCUT2D eigenvalue weighted by Crippen LogP contribution is -2.14. The van der Waals surface area contributed by atoms with Crippen molar-refractivity contribution in [3.05, 3.63) is 68.7 Å². The van der Waals surface area contributed by atoms with Gasteiger partial charge in [0.2, 0.25) is 5.78 Å². The number of benzene rings is 2. The highest BCUT2D eigenvalue weighted by Gasteiger charge is 2.20. The van der Waals surface area contributed by atoms with E-state index in [1.54, 1.807) is 18.2 Å². The number of hydrogen-bond acceptors (Lipinski definition) is 6. The molecule has 0 aromatic heterocycles. The number of carbonyl (C=O) groups excluding carboxylic acids is 2. The summed E-state index contributed by atoms with van der Waals surface area (Å²) in [6.45, 7) is -0.525. The van der Waals surface area contributed by atoms with Gasteiger partial charge in [-0.1, -0.05) is 23.7 Å². The number of nitro groups is 1. The number of nitrogens with zero attached hydrogens (tertiary/aromatic N) is 1. The minimum atomic E-state index is -0.860. The van der Waals surface area contributed by atoms with Gasteiger partial charge in [-0.25, -0.2) is 4.79 Å². The fourth-order valence-corrected chi connectivity index (χ4v) is 2.18. The minimum Gasteiger partial charge on any atom is -0.490 e. The van der Waals surface area contributed by atoms with Crippen molar-refractivity contribution in [1.82, 2.24) is 0 Å². The maximum absolute atomic E-state index is 12.0. The zero-order valence-corrected chi connectivity index (χ0v) is 13.3. The molecule has 0 aliphatic rings. The van der Waals surface area contributed by atoms with Crippen molar-refractivity contribution in [2.45, 2.75) is 0 Å². The standard InChI is InChI=1S/C16H12ClNO6/c1-23-15-7-6-10(8-13(15)18(21)22)16(20)24-9-14(19)11-4-2-3-5-12(11)17/h2-8H,9H2,1H3. The summed E-state index contributed by atoms with van der Waals surface area (Å²) in [6, 6.07) is 9.98. The number of ketones is 1. The molecule has 0 heterocycles. The smallest absolute Gasteiger partial charge is 0.338 e. The van der Waals surface area contributed by atoms with Crippen molar-refractivity contribution in [3.8, 4) is 5.75 Å². The van der Waals surface area contributed by atoms with Crippen LogP contribution in [-0.2, 0) is 4.74 Å². The van der Waals surface area contributed by atoms with E-state index < -0.39 is 23.3 Å². The first-order valence-corrected chi connectivity index (χ1v) is 7.09. The summed E-state index contributed by atoms with van der Waals surface area (Å²) in [5, 5.41) is 11.2. The lowest BCUT2D eigenvalue weighted by Gasteiger charge is -2.07. The number of halogens is 1. The van der Waals surface area contributed by atoms with Crippen LogP contribution in [-0.4, -0.2) is 30.4 Å². The molecule has 0 amide bonds. The Labute approximate surface area is 141 Å². The number of nitro benzene ring substituents is 1. The first kappa shape index (κ1) is 17.4. The highest BCUT2D eigenvalue weighted by Crippen LogP contribution is 2.27. The number of methoxy groups -OCH3 is 1. The molecule has 0 saturated heterocycles. The van der Waals surface area contributed by atoms with Crippen LogP contribution in [0.25, 0.3) is 0 Å². The fraction of sp³-hybridized carbons (Fsp3) is 0.125. The lowest BCUT2D eigenvalue weighted by molar-refractivity contribution is -0.385. The molecule has 24 heavy (non-hydrogen) atoms. The van der Waals surface area contributed by atoms with Crippen LogP contribution in [0.1, 0.15) is 20.7 Å². The molecule has 2 aromatic carbocycles. The van der Waals surface area contributed by atoms with Gasteiger partial charge in [0.25, 0.3) is 0 Å². The largest absolute Gasteiger partial charge is 0.490 e. The zero-order chi connectivity index (χ0) is 17.7. The molecule has 0 saturated carbocycles. The normalized spacial score (nSPS) is 10.1. The van der Waals surface area contributed by atoms with E-state index in [1.165, 1.54) is 25.3 Å². The second-order valence-electron chi connectivity index (χ2n) is 4.62. The van der Waals surface area contributed by atoms with Crippen LogP contribution in [0.5, 0.6) is 5.75 Å². The van der Waals surface area contributed by atoms with Gasteiger partial charge in [-0.2, -0.15) is 0 Å². The summed E-state index contributed by atoms with van der Waals surface area (Å²) < 4.78 is 9.75. The van der Waals surface area contributed by atoms with Gasteiger partial charge in [0.1, 0.15) is 0 Å². The predicted molar refractivity (Wildman–Crippen MR) is 85.7 cm³/mol. The highest BCUT2D eigenvalue weighted by atomic mass is 35.5. The Hall–Kier alpha value is -2.93. The van der Waals surface area contributed by atoms with Crippen LogP contribution in [0.15, 0.2) is 42.5 Å². The van der Waals surface area contributed by atoms with Gasteiger partial charge in [-0.3, -0.25) is 14.9 Å². The van der Waals surface area contributed by atoms with E-state index in [2.05, 4.69) is 0 Å². The topological polar surface area (TPSA) is 95.7 Å². The van der Waals surface area contributed by atoms with E-state index in [4.69, 9.17) is 21.1 Å². The van der Waals surface area contributed by atoms with Crippen LogP contribution in [0.3, 0.4) is 0 Å². The summed E-state index contributed by atoms with van der Waals surface area (Å²) in [4.78, 5) is 34.2. The number of esters is 1. The van der Waals surface area contributed by atoms with Gasteiger partial charge in [0.05, 0.1) is 22.6 Å². The zero-order valence-electron chi connectivity index (χ0n) is 12.5. The van der Waals surface area contributed by atoms with Crippen molar-refractivity contribution in [2.75, 3.05) is 13.7 Å². The molecule has 0 aliphatic carbocycles. The first-order valence-electron chi connectivity index (χ1n) is 6.71. The SMILES string of the molecule is COc1ccc(C(=O)OCC(=O)c2ccccc2Cl)cc1[N+](=O)[O-]. The molecule has 0 unspecified atom stereocenters. The molecular formula is C16H12ClNO6. The quantitative estimate of drug-likeness (QED) is 0.343. The highest BCUT2D eigenvalue weighted by molar-refractivity contribution is 6.34. The first-order chi connectivity index (χ1) is 11.4. The second-order valence-corrected chi connectivity index (χ2v) is 5.03. The molecule has 2 rings (SSSR count). The van der Waals surface area contributed by atoms with Crippen LogP contribution >= 0.6 is 11.6 Å². The molecule has 124 valence electrons. The third-order valence-electron chi connectivity index (χ3n) is 3.12. The van der Waals surface area contributed by atoms with E-state index in [1.807, 2.05) is 0 Å². The van der Waals surface area contributed by atoms with Crippen molar-refractivity contribution < 1.29 is 24.0 Å². The van der Waals surface area contributed by atoms with Gasteiger partial charge in [-0.05, 0) is 24.3 Å². The summed E-state index contributed by atoms with van der Waals surface area (Å²) in [6.07, 6.45) is 0. The fourth-order valence-electron chi connectivity index (χ4n) is 1.94. The van der Waals surface area contributed by atoms with Crippen molar-refractivity contribution >= 4 is 29.0 Å². The van der Waals surface area contributed by atoms with E-state index in [0.717, 1.165) is 6.07 Å². The maximum Gasteiger partial charge on any atom is 0.338 e. The number of hydrogen-bond donors (Lipinski definition) is 0. The van der Waals surface area contributed by atoms with Gasteiger partial charge >= 0.3 is 11.7 Å². The molecular weight excluding hydrogens is 338 g/mol. The van der Waals surface area contributed by atoms with Crippen LogP contribution in [0.4, 0.5) is 5.69 Å². The Balaban J connectivity index is 2.10. The van der Waals surface area contributed by atoms with Crippen LogP contribution in [0.2, 0.25) is 5.02 Å². The van der Waals surface area contributed by atoms with E-state index >= 15 is 0 Å². The van der Waals surface area contributed by atoms with E-state index in [9.17, 15) is 19.7 Å². The molecule has 7 nitrogen and oxygen atoms in total. The summed E-state index contributed by atoms with van der Waals surface area (Å²) in [5.74, 6) is -1.32. The molecule has 0 aliphatic heterocycles. The lowest BCUT2D eigenvalue weighted by atomic mass is 10.1. The van der Waals surface area contributed by atoms with Crippen molar-refractivity contribution in [1.29, 1.82) is 0 Å². The third-order valence-corrected chi connectivity index (χ3v) is 3.45. The van der Waals surface area contributed by atoms with Gasteiger partial charge in [0.15, 0.2) is 12.4 Å². The Bertz CT molecular complexity index is 805. The monoisotopic (exact) mass is 349 g/mol. The van der Waals surface area contributed by atoms with Gasteiger partial charge in [-0.15, -0.1) is 0 Å². The number of ether oxygens (including phenoxy) is 2. The molecule has 0 N–H and O–H groups in total. The number of rotatable bonds is 6. The van der Waals surface area contributed by atoms with Crippen molar-refractivity contribution in [2.24, 2.45) is 0 Å². The minimum absolute atomic E-state index is 0.0173. The third kappa shape index (κ3) is 3.88. The molecule has 0 atom stereocenters. The Morgan fingerprint density at radius 2 is 1.92 bits per heavy atom. The summed E-state index contributed by atoms with van der Waals surface area (Å²) in [5.41, 5.74) is -0.202. The summed E-state index contributed by atoms with van der Waals surface area (Å²) >= 11 is 5.89. The van der Waals surface area contributed by atoms with E-state index in [-0.39, 0.29) is 27.6 Å². The van der Waals surface area contributed by atoms with E-state index in [0.29, 0.717) is 0 Å². The van der Waals surface area contributed by atoms with Crippen LogP contribution < -0.4 is 4.74 Å². The molecule has 0 bridgehead atoms. The Morgan fingerprint density at radius 3 is 2.54 bits per heavy atom. The molecule has 8 heteroatoms. The number of carbonyl (C=O) groups is 2. The van der Waals surface area contributed by atoms with Crippen LogP contribution in [0, 0.1) is 10.1 Å². The van der Waals surface area contributed by atoms with Gasteiger partial charge in [0, 0.05) is 11.6 Å². The maximum atomic E-state index is 12.0. The molecule has 0 fully saturated rings. The van der Waals surface area contributed by atoms with Crippen molar-refractivity contribution in [3.63, 3.8) is 0 Å². The predicted octanol–water partition coefficient (Wildman–Crippen LogP) is 3.30. The molecule has 2 aromatic rings. The average Bonchev–Trinajstić information content (AvgIpc) is 2.59. The average molecular weight is 350 g/mol. The number of Topliss-reactive ketones (excluding diaryl/α,β-unsaturated/α-hetero) is 1. The Kier molecular flexibility index (Phi) is 5.49. The second kappa shape index (κ2) is 7.56. The Morgan fingerprint density at radius 1 is 1.21 bits per heavy atom. The summed E-state index contributed by atoms with van der Waals surface area (Å²) in [7, 11) is 1.28. The molecule has 0 spiro atoms. The molecule has 0 radical (unpaired) electrons. The van der Waals surface area contributed by atoms with Gasteiger partial charge < -0.3 is 9.47 Å².